The molecule has 0 aromatic heterocycles. The maximum atomic E-state index is 12.5. The SMILES string of the molecule is CCCCC(=O)OC(COCCC)COc1c2ccccc2c(OCC(COCCC)OC(=O)CCCC)c2cc(Cl)ccc12. The van der Waals surface area contributed by atoms with Gasteiger partial charge in [0.2, 0.25) is 0 Å². The highest BCUT2D eigenvalue weighted by Gasteiger charge is 2.22. The van der Waals surface area contributed by atoms with Gasteiger partial charge in [-0.2, -0.15) is 0 Å². The summed E-state index contributed by atoms with van der Waals surface area (Å²) in [7, 11) is 0. The van der Waals surface area contributed by atoms with Gasteiger partial charge in [-0.25, -0.2) is 0 Å². The molecule has 0 spiro atoms. The van der Waals surface area contributed by atoms with Crippen LogP contribution in [0.2, 0.25) is 5.02 Å². The Hall–Kier alpha value is -3.07. The van der Waals surface area contributed by atoms with Gasteiger partial charge in [-0.15, -0.1) is 0 Å². The van der Waals surface area contributed by atoms with Gasteiger partial charge in [0.25, 0.3) is 0 Å². The van der Waals surface area contributed by atoms with Crippen molar-refractivity contribution < 1.29 is 38.0 Å². The summed E-state index contributed by atoms with van der Waals surface area (Å²) in [5.41, 5.74) is 0. The van der Waals surface area contributed by atoms with Crippen molar-refractivity contribution >= 4 is 45.1 Å². The first-order chi connectivity index (χ1) is 21.9. The van der Waals surface area contributed by atoms with Crippen LogP contribution in [-0.2, 0) is 28.5 Å². The molecular weight excluding hydrogens is 596 g/mol. The predicted octanol–water partition coefficient (Wildman–Crippen LogP) is 8.46. The number of halogens is 1. The summed E-state index contributed by atoms with van der Waals surface area (Å²) >= 11 is 6.50. The van der Waals surface area contributed by atoms with Crippen LogP contribution in [0.1, 0.15) is 79.1 Å². The van der Waals surface area contributed by atoms with Crippen molar-refractivity contribution in [2.75, 3.05) is 39.6 Å². The lowest BCUT2D eigenvalue weighted by Gasteiger charge is -2.23. The highest BCUT2D eigenvalue weighted by Crippen LogP contribution is 2.43. The summed E-state index contributed by atoms with van der Waals surface area (Å²) in [6, 6.07) is 13.3. The molecule has 3 aromatic rings. The predicted molar refractivity (Wildman–Crippen MR) is 178 cm³/mol. The number of carbonyl (C=O) groups is 2. The number of carbonyl (C=O) groups excluding carboxylic acids is 2. The number of rotatable bonds is 22. The average Bonchev–Trinajstić information content (AvgIpc) is 3.04. The second kappa shape index (κ2) is 20.1. The van der Waals surface area contributed by atoms with E-state index in [9.17, 15) is 9.59 Å². The zero-order valence-corrected chi connectivity index (χ0v) is 28.0. The van der Waals surface area contributed by atoms with Crippen LogP contribution in [0.3, 0.4) is 0 Å². The molecule has 2 atom stereocenters. The first-order valence-corrected chi connectivity index (χ1v) is 16.7. The Bertz CT molecular complexity index is 1340. The van der Waals surface area contributed by atoms with E-state index in [0.29, 0.717) is 42.6 Å². The molecule has 3 rings (SSSR count). The minimum atomic E-state index is -0.573. The van der Waals surface area contributed by atoms with Crippen LogP contribution in [0.15, 0.2) is 42.5 Å². The average molecular weight is 645 g/mol. The van der Waals surface area contributed by atoms with E-state index in [1.54, 1.807) is 6.07 Å². The second-order valence-electron chi connectivity index (χ2n) is 11.1. The number of fused-ring (bicyclic) bond motifs is 2. The van der Waals surface area contributed by atoms with Crippen LogP contribution >= 0.6 is 11.6 Å². The van der Waals surface area contributed by atoms with Gasteiger partial charge in [-0.1, -0.05) is 76.4 Å². The van der Waals surface area contributed by atoms with Crippen LogP contribution in [0.4, 0.5) is 0 Å². The third kappa shape index (κ3) is 11.7. The van der Waals surface area contributed by atoms with Crippen molar-refractivity contribution in [3.8, 4) is 11.5 Å². The molecule has 0 radical (unpaired) electrons. The molecule has 0 amide bonds. The van der Waals surface area contributed by atoms with Gasteiger partial charge in [0.1, 0.15) is 24.7 Å². The first-order valence-electron chi connectivity index (χ1n) is 16.4. The van der Waals surface area contributed by atoms with Crippen molar-refractivity contribution in [1.82, 2.24) is 0 Å². The van der Waals surface area contributed by atoms with Gasteiger partial charge >= 0.3 is 11.9 Å². The van der Waals surface area contributed by atoms with E-state index in [-0.39, 0.29) is 38.4 Å². The normalized spacial score (nSPS) is 12.6. The summed E-state index contributed by atoms with van der Waals surface area (Å²) in [5.74, 6) is 0.710. The third-order valence-corrected chi connectivity index (χ3v) is 7.32. The van der Waals surface area contributed by atoms with E-state index in [4.69, 9.17) is 40.0 Å². The monoisotopic (exact) mass is 644 g/mol. The maximum Gasteiger partial charge on any atom is 0.306 e. The fraction of sp³-hybridized carbons (Fsp3) is 0.556. The zero-order valence-electron chi connectivity index (χ0n) is 27.2. The summed E-state index contributed by atoms with van der Waals surface area (Å²) in [6.07, 6.45) is 4.64. The molecule has 0 bridgehead atoms. The van der Waals surface area contributed by atoms with E-state index < -0.39 is 12.2 Å². The molecule has 3 aromatic carbocycles. The van der Waals surface area contributed by atoms with Crippen molar-refractivity contribution in [3.05, 3.63) is 47.5 Å². The Balaban J connectivity index is 1.93. The lowest BCUT2D eigenvalue weighted by molar-refractivity contribution is -0.155. The summed E-state index contributed by atoms with van der Waals surface area (Å²) < 4.78 is 35.9. The topological polar surface area (TPSA) is 89.5 Å². The highest BCUT2D eigenvalue weighted by molar-refractivity contribution is 6.31. The Morgan fingerprint density at radius 1 is 0.622 bits per heavy atom. The quantitative estimate of drug-likeness (QED) is 0.0611. The van der Waals surface area contributed by atoms with Gasteiger partial charge < -0.3 is 28.4 Å². The molecular formula is C36H49ClO8. The number of esters is 2. The summed E-state index contributed by atoms with van der Waals surface area (Å²) in [5, 5.41) is 3.72. The molecule has 0 saturated heterocycles. The molecule has 0 N–H and O–H groups in total. The first kappa shape index (κ1) is 36.4. The van der Waals surface area contributed by atoms with E-state index in [0.717, 1.165) is 60.1 Å². The van der Waals surface area contributed by atoms with E-state index >= 15 is 0 Å². The lowest BCUT2D eigenvalue weighted by atomic mass is 10.0. The summed E-state index contributed by atoms with van der Waals surface area (Å²) in [6.45, 7) is 9.97. The molecule has 45 heavy (non-hydrogen) atoms. The molecule has 248 valence electrons. The fourth-order valence-corrected chi connectivity index (χ4v) is 4.99. The number of unbranched alkanes of at least 4 members (excludes halogenated alkanes) is 2. The third-order valence-electron chi connectivity index (χ3n) is 7.08. The minimum Gasteiger partial charge on any atom is -0.488 e. The molecule has 2 unspecified atom stereocenters. The fourth-order valence-electron chi connectivity index (χ4n) is 4.82. The molecule has 0 fully saturated rings. The highest BCUT2D eigenvalue weighted by atomic mass is 35.5. The summed E-state index contributed by atoms with van der Waals surface area (Å²) in [4.78, 5) is 25.0. The van der Waals surface area contributed by atoms with Crippen molar-refractivity contribution in [2.45, 2.75) is 91.3 Å². The van der Waals surface area contributed by atoms with Crippen LogP contribution in [0.25, 0.3) is 21.5 Å². The maximum absolute atomic E-state index is 12.5. The Labute approximate surface area is 272 Å². The number of benzene rings is 3. The molecule has 0 aliphatic heterocycles. The number of hydrogen-bond acceptors (Lipinski definition) is 8. The Kier molecular flexibility index (Phi) is 16.3. The minimum absolute atomic E-state index is 0.109. The van der Waals surface area contributed by atoms with E-state index in [2.05, 4.69) is 0 Å². The van der Waals surface area contributed by atoms with Crippen LogP contribution < -0.4 is 9.47 Å². The van der Waals surface area contributed by atoms with Crippen LogP contribution in [0, 0.1) is 0 Å². The largest absolute Gasteiger partial charge is 0.488 e. The number of ether oxygens (including phenoxy) is 6. The van der Waals surface area contributed by atoms with Crippen LogP contribution in [-0.4, -0.2) is 63.8 Å². The standard InChI is InChI=1S/C36H49ClO8/c1-5-9-15-33(38)44-27(22-40-19-7-3)24-42-35-29-13-11-12-14-30(29)36(32-21-26(37)17-18-31(32)35)43-25-28(23-41-20-8-4)45-34(39)16-10-6-2/h11-14,17-18,21,27-28H,5-10,15-16,19-20,22-25H2,1-4H3. The Morgan fingerprint density at radius 2 is 1.09 bits per heavy atom. The molecule has 0 saturated carbocycles. The van der Waals surface area contributed by atoms with Crippen molar-refractivity contribution in [3.63, 3.8) is 0 Å². The zero-order chi connectivity index (χ0) is 32.4. The Morgan fingerprint density at radius 3 is 1.56 bits per heavy atom. The van der Waals surface area contributed by atoms with Gasteiger partial charge in [-0.05, 0) is 43.9 Å². The van der Waals surface area contributed by atoms with Gasteiger partial charge in [0, 0.05) is 52.6 Å². The van der Waals surface area contributed by atoms with Gasteiger partial charge in [0.05, 0.1) is 13.2 Å². The molecule has 0 heterocycles. The lowest BCUT2D eigenvalue weighted by Crippen LogP contribution is -2.30. The molecule has 0 aliphatic rings. The van der Waals surface area contributed by atoms with Crippen molar-refractivity contribution in [1.29, 1.82) is 0 Å². The van der Waals surface area contributed by atoms with Gasteiger partial charge in [-0.3, -0.25) is 9.59 Å². The molecule has 8 nitrogen and oxygen atoms in total. The van der Waals surface area contributed by atoms with Gasteiger partial charge in [0.15, 0.2) is 12.2 Å². The second-order valence-corrected chi connectivity index (χ2v) is 11.5. The van der Waals surface area contributed by atoms with E-state index in [1.165, 1.54) is 0 Å². The van der Waals surface area contributed by atoms with E-state index in [1.807, 2.05) is 64.1 Å². The smallest absolute Gasteiger partial charge is 0.306 e. The van der Waals surface area contributed by atoms with Crippen LogP contribution in [0.5, 0.6) is 11.5 Å². The van der Waals surface area contributed by atoms with Crippen molar-refractivity contribution in [2.24, 2.45) is 0 Å². The molecule has 0 aliphatic carbocycles. The number of hydrogen-bond donors (Lipinski definition) is 0. The molecule has 9 heteroatoms.